The van der Waals surface area contributed by atoms with Crippen LogP contribution in [0.15, 0.2) is 42.6 Å². The molecule has 4 rings (SSSR count). The number of fused-ring (bicyclic) bond motifs is 1. The van der Waals surface area contributed by atoms with E-state index >= 15 is 0 Å². The largest absolute Gasteiger partial charge is 0.369 e. The number of rotatable bonds is 7. The van der Waals surface area contributed by atoms with E-state index in [4.69, 9.17) is 5.73 Å². The topological polar surface area (TPSA) is 101 Å². The number of amides is 2. The molecule has 1 aliphatic heterocycles. The number of benzene rings is 1. The monoisotopic (exact) mass is 441 g/mol. The van der Waals surface area contributed by atoms with Gasteiger partial charge in [0.05, 0.1) is 33.8 Å². The smallest absolute Gasteiger partial charge is 0.234 e. The molecule has 1 atom stereocenters. The number of aromatic nitrogens is 2. The average Bonchev–Trinajstić information content (AvgIpc) is 3.17. The van der Waals surface area contributed by atoms with Gasteiger partial charge in [-0.15, -0.1) is 23.1 Å². The summed E-state index contributed by atoms with van der Waals surface area (Å²) in [7, 11) is 0. The molecule has 1 saturated heterocycles. The molecule has 0 aliphatic carbocycles. The highest BCUT2D eigenvalue weighted by molar-refractivity contribution is 7.99. The van der Waals surface area contributed by atoms with E-state index in [0.29, 0.717) is 23.7 Å². The van der Waals surface area contributed by atoms with Crippen LogP contribution in [0, 0.1) is 5.92 Å². The molecule has 3 heterocycles. The lowest BCUT2D eigenvalue weighted by Gasteiger charge is -2.32. The van der Waals surface area contributed by atoms with Gasteiger partial charge in [-0.1, -0.05) is 12.1 Å². The normalized spacial score (nSPS) is 16.5. The van der Waals surface area contributed by atoms with Gasteiger partial charge in [0.25, 0.3) is 0 Å². The lowest BCUT2D eigenvalue weighted by Crippen LogP contribution is -2.41. The Labute approximate surface area is 183 Å². The van der Waals surface area contributed by atoms with Crippen LogP contribution in [0.5, 0.6) is 0 Å². The van der Waals surface area contributed by atoms with E-state index < -0.39 is 0 Å². The van der Waals surface area contributed by atoms with Crippen molar-refractivity contribution >= 4 is 56.6 Å². The zero-order valence-corrected chi connectivity index (χ0v) is 18.0. The van der Waals surface area contributed by atoms with Gasteiger partial charge in [0.1, 0.15) is 10.8 Å². The molecule has 7 nitrogen and oxygen atoms in total. The molecule has 3 N–H and O–H groups in total. The lowest BCUT2D eigenvalue weighted by molar-refractivity contribution is -0.122. The summed E-state index contributed by atoms with van der Waals surface area (Å²) in [6.45, 7) is 1.45. The molecule has 9 heteroatoms. The Balaban J connectivity index is 1.25. The number of anilines is 2. The Morgan fingerprint density at radius 2 is 2.13 bits per heavy atom. The molecule has 30 heavy (non-hydrogen) atoms. The first-order chi connectivity index (χ1) is 14.6. The molecular weight excluding hydrogens is 418 g/mol. The van der Waals surface area contributed by atoms with Gasteiger partial charge in [-0.25, -0.2) is 9.97 Å². The number of para-hydroxylation sites is 1. The number of nitrogens with one attached hydrogen (secondary N) is 1. The number of thioether (sulfide) groups is 1. The van der Waals surface area contributed by atoms with E-state index in [2.05, 4.69) is 26.3 Å². The maximum absolute atomic E-state index is 12.2. The zero-order valence-electron chi connectivity index (χ0n) is 16.4. The van der Waals surface area contributed by atoms with E-state index in [0.717, 1.165) is 35.7 Å². The summed E-state index contributed by atoms with van der Waals surface area (Å²) in [5, 5.41) is 3.90. The van der Waals surface area contributed by atoms with E-state index in [1.807, 2.05) is 30.3 Å². The first kappa shape index (κ1) is 20.6. The zero-order chi connectivity index (χ0) is 20.9. The number of carbonyl (C=O) groups excluding carboxylic acids is 2. The Morgan fingerprint density at radius 3 is 2.90 bits per heavy atom. The van der Waals surface area contributed by atoms with Gasteiger partial charge >= 0.3 is 0 Å². The van der Waals surface area contributed by atoms with Gasteiger partial charge in [-0.05, 0) is 37.1 Å². The highest BCUT2D eigenvalue weighted by Gasteiger charge is 2.24. The number of nitrogens with zero attached hydrogens (tertiary/aromatic N) is 3. The molecule has 0 saturated carbocycles. The maximum atomic E-state index is 12.2. The van der Waals surface area contributed by atoms with Gasteiger partial charge in [-0.2, -0.15) is 0 Å². The van der Waals surface area contributed by atoms with E-state index in [9.17, 15) is 9.59 Å². The average molecular weight is 442 g/mol. The van der Waals surface area contributed by atoms with Crippen LogP contribution >= 0.6 is 23.1 Å². The van der Waals surface area contributed by atoms with Gasteiger partial charge in [0.15, 0.2) is 0 Å². The van der Waals surface area contributed by atoms with Crippen LogP contribution in [0.25, 0.3) is 10.2 Å². The van der Waals surface area contributed by atoms with Crippen molar-refractivity contribution in [1.82, 2.24) is 9.97 Å². The first-order valence-corrected chi connectivity index (χ1v) is 11.8. The SMILES string of the molecule is NC(=O)C1CCCN(c2ccc(NC(=O)CSCc3nc4ccccc4s3)cn2)C1. The third-order valence-corrected chi connectivity index (χ3v) is 7.14. The fourth-order valence-corrected chi connectivity index (χ4v) is 5.32. The van der Waals surface area contributed by atoms with Crippen molar-refractivity contribution in [3.63, 3.8) is 0 Å². The quantitative estimate of drug-likeness (QED) is 0.584. The summed E-state index contributed by atoms with van der Waals surface area (Å²) >= 11 is 3.20. The number of nitrogens with two attached hydrogens (primary N) is 1. The molecule has 3 aromatic rings. The summed E-state index contributed by atoms with van der Waals surface area (Å²) in [6.07, 6.45) is 3.40. The molecule has 1 fully saturated rings. The van der Waals surface area contributed by atoms with Crippen molar-refractivity contribution in [2.45, 2.75) is 18.6 Å². The molecule has 2 aromatic heterocycles. The van der Waals surface area contributed by atoms with Crippen molar-refractivity contribution in [2.24, 2.45) is 11.7 Å². The number of pyridine rings is 1. The highest BCUT2D eigenvalue weighted by Crippen LogP contribution is 2.25. The maximum Gasteiger partial charge on any atom is 0.234 e. The Bertz CT molecular complexity index is 1000. The van der Waals surface area contributed by atoms with E-state index in [1.54, 1.807) is 29.3 Å². The number of piperidine rings is 1. The predicted molar refractivity (Wildman–Crippen MR) is 123 cm³/mol. The van der Waals surface area contributed by atoms with Crippen molar-refractivity contribution < 1.29 is 9.59 Å². The number of hydrogen-bond donors (Lipinski definition) is 2. The molecule has 1 unspecified atom stereocenters. The molecule has 2 amide bonds. The number of primary amides is 1. The fourth-order valence-electron chi connectivity index (χ4n) is 3.47. The summed E-state index contributed by atoms with van der Waals surface area (Å²) < 4.78 is 1.17. The Kier molecular flexibility index (Phi) is 6.49. The Hall–Kier alpha value is -2.65. The summed E-state index contributed by atoms with van der Waals surface area (Å²) in [5.74, 6) is 1.40. The minimum Gasteiger partial charge on any atom is -0.369 e. The number of thiazole rings is 1. The second-order valence-corrected chi connectivity index (χ2v) is 9.31. The lowest BCUT2D eigenvalue weighted by atomic mass is 9.97. The predicted octanol–water partition coefficient (Wildman–Crippen LogP) is 3.26. The third-order valence-electron chi connectivity index (χ3n) is 4.98. The minimum atomic E-state index is -0.257. The van der Waals surface area contributed by atoms with Crippen LogP contribution in [0.3, 0.4) is 0 Å². The summed E-state index contributed by atoms with van der Waals surface area (Å²) in [4.78, 5) is 34.8. The second-order valence-electron chi connectivity index (χ2n) is 7.21. The van der Waals surface area contributed by atoms with Crippen LogP contribution in [-0.2, 0) is 15.3 Å². The van der Waals surface area contributed by atoms with Crippen LogP contribution in [0.2, 0.25) is 0 Å². The van der Waals surface area contributed by atoms with Crippen molar-refractivity contribution in [2.75, 3.05) is 29.1 Å². The van der Waals surface area contributed by atoms with Crippen molar-refractivity contribution in [3.05, 3.63) is 47.6 Å². The molecule has 0 spiro atoms. The van der Waals surface area contributed by atoms with Gasteiger partial charge in [0, 0.05) is 18.8 Å². The molecular formula is C21H23N5O2S2. The number of hydrogen-bond acceptors (Lipinski definition) is 7. The third kappa shape index (κ3) is 5.09. The number of carbonyl (C=O) groups is 2. The molecule has 0 bridgehead atoms. The molecule has 156 valence electrons. The molecule has 0 radical (unpaired) electrons. The standard InChI is InChI=1S/C21H23N5O2S2/c22-21(28)14-4-3-9-26(11-14)18-8-7-15(10-23-18)24-19(27)12-29-13-20-25-16-5-1-2-6-17(16)30-20/h1-2,5-8,10,14H,3-4,9,11-13H2,(H2,22,28)(H,24,27). The summed E-state index contributed by atoms with van der Waals surface area (Å²) in [6, 6.07) is 11.8. The first-order valence-electron chi connectivity index (χ1n) is 9.81. The van der Waals surface area contributed by atoms with Crippen molar-refractivity contribution in [1.29, 1.82) is 0 Å². The second kappa shape index (κ2) is 9.44. The van der Waals surface area contributed by atoms with Crippen molar-refractivity contribution in [3.8, 4) is 0 Å². The molecule has 1 aliphatic rings. The van der Waals surface area contributed by atoms with Crippen LogP contribution < -0.4 is 16.0 Å². The van der Waals surface area contributed by atoms with Crippen LogP contribution in [0.1, 0.15) is 17.8 Å². The van der Waals surface area contributed by atoms with Crippen LogP contribution in [-0.4, -0.2) is 40.6 Å². The van der Waals surface area contributed by atoms with Crippen LogP contribution in [0.4, 0.5) is 11.5 Å². The fraction of sp³-hybridized carbons (Fsp3) is 0.333. The van der Waals surface area contributed by atoms with Gasteiger partial charge in [0.2, 0.25) is 11.8 Å². The highest BCUT2D eigenvalue weighted by atomic mass is 32.2. The minimum absolute atomic E-state index is 0.0672. The van der Waals surface area contributed by atoms with E-state index in [-0.39, 0.29) is 17.7 Å². The van der Waals surface area contributed by atoms with Gasteiger partial charge < -0.3 is 16.0 Å². The van der Waals surface area contributed by atoms with E-state index in [1.165, 1.54) is 4.70 Å². The Morgan fingerprint density at radius 1 is 1.27 bits per heavy atom. The summed E-state index contributed by atoms with van der Waals surface area (Å²) in [5.41, 5.74) is 7.11. The van der Waals surface area contributed by atoms with Gasteiger partial charge in [-0.3, -0.25) is 9.59 Å². The molecule has 1 aromatic carbocycles.